The molecule has 134 valence electrons. The lowest BCUT2D eigenvalue weighted by molar-refractivity contribution is 0.0345. The molecular formula is C19H19FN4O2. The number of nitrogens with zero attached hydrogens (tertiary/aromatic N) is 3. The Labute approximate surface area is 150 Å². The molecule has 1 aromatic carbocycles. The van der Waals surface area contributed by atoms with Crippen LogP contribution in [-0.2, 0) is 6.54 Å². The highest BCUT2D eigenvalue weighted by Crippen LogP contribution is 2.15. The number of aromatic nitrogens is 1. The maximum Gasteiger partial charge on any atom is 0.251 e. The van der Waals surface area contributed by atoms with Gasteiger partial charge < -0.3 is 10.4 Å². The SMILES string of the molecule is N#Cc1cc(F)cc(C(=O)N[C@@H]2CCN(Cc3ccccn3)C[C@H]2O)c1. The number of β-amino-alcohol motifs (C(OH)–C–C–N with tert-alkyl or cyclic N) is 1. The fourth-order valence-electron chi connectivity index (χ4n) is 3.07. The van der Waals surface area contributed by atoms with E-state index in [1.54, 1.807) is 6.20 Å². The Morgan fingerprint density at radius 3 is 2.96 bits per heavy atom. The summed E-state index contributed by atoms with van der Waals surface area (Å²) in [6.45, 7) is 1.74. The van der Waals surface area contributed by atoms with Crippen LogP contribution in [-0.4, -0.2) is 46.1 Å². The third-order valence-corrected chi connectivity index (χ3v) is 4.38. The molecule has 6 nitrogen and oxygen atoms in total. The van der Waals surface area contributed by atoms with Crippen molar-refractivity contribution >= 4 is 5.91 Å². The summed E-state index contributed by atoms with van der Waals surface area (Å²) in [5.41, 5.74) is 1.08. The quantitative estimate of drug-likeness (QED) is 0.868. The number of nitriles is 1. The molecule has 7 heteroatoms. The van der Waals surface area contributed by atoms with E-state index in [2.05, 4.69) is 15.2 Å². The molecule has 0 saturated carbocycles. The average Bonchev–Trinajstić information content (AvgIpc) is 2.64. The molecule has 0 aliphatic carbocycles. The molecule has 1 aliphatic heterocycles. The number of rotatable bonds is 4. The van der Waals surface area contributed by atoms with Crippen molar-refractivity contribution in [3.05, 3.63) is 65.2 Å². The van der Waals surface area contributed by atoms with E-state index in [9.17, 15) is 14.3 Å². The van der Waals surface area contributed by atoms with Gasteiger partial charge >= 0.3 is 0 Å². The number of nitrogens with one attached hydrogen (secondary N) is 1. The Bertz CT molecular complexity index is 822. The van der Waals surface area contributed by atoms with E-state index in [0.717, 1.165) is 17.8 Å². The lowest BCUT2D eigenvalue weighted by Gasteiger charge is -2.36. The molecule has 3 rings (SSSR count). The number of pyridine rings is 1. The van der Waals surface area contributed by atoms with Gasteiger partial charge in [-0.15, -0.1) is 0 Å². The van der Waals surface area contributed by atoms with Crippen LogP contribution in [0.4, 0.5) is 4.39 Å². The minimum Gasteiger partial charge on any atom is -0.390 e. The highest BCUT2D eigenvalue weighted by Gasteiger charge is 2.29. The van der Waals surface area contributed by atoms with Gasteiger partial charge in [0.05, 0.1) is 29.5 Å². The summed E-state index contributed by atoms with van der Waals surface area (Å²) in [4.78, 5) is 18.7. The van der Waals surface area contributed by atoms with Crippen LogP contribution in [0.3, 0.4) is 0 Å². The monoisotopic (exact) mass is 354 g/mol. The lowest BCUT2D eigenvalue weighted by atomic mass is 10.0. The minimum atomic E-state index is -0.736. The van der Waals surface area contributed by atoms with E-state index in [1.165, 1.54) is 6.07 Å². The summed E-state index contributed by atoms with van der Waals surface area (Å²) >= 11 is 0. The summed E-state index contributed by atoms with van der Waals surface area (Å²) < 4.78 is 13.5. The molecule has 1 saturated heterocycles. The van der Waals surface area contributed by atoms with Gasteiger partial charge in [-0.05, 0) is 36.8 Å². The number of carbonyl (C=O) groups is 1. The van der Waals surface area contributed by atoms with Gasteiger partial charge in [-0.2, -0.15) is 5.26 Å². The molecule has 1 fully saturated rings. The van der Waals surface area contributed by atoms with Crippen molar-refractivity contribution in [2.24, 2.45) is 0 Å². The Morgan fingerprint density at radius 1 is 1.42 bits per heavy atom. The van der Waals surface area contributed by atoms with Crippen LogP contribution in [0.5, 0.6) is 0 Å². The Hall–Kier alpha value is -2.82. The van der Waals surface area contributed by atoms with Gasteiger partial charge in [-0.25, -0.2) is 4.39 Å². The molecule has 0 spiro atoms. The van der Waals surface area contributed by atoms with E-state index in [1.807, 2.05) is 24.3 Å². The molecule has 0 bridgehead atoms. The molecule has 1 aromatic heterocycles. The number of aliphatic hydroxyl groups excluding tert-OH is 1. The zero-order chi connectivity index (χ0) is 18.5. The number of hydrogen-bond donors (Lipinski definition) is 2. The Morgan fingerprint density at radius 2 is 2.27 bits per heavy atom. The molecule has 0 radical (unpaired) electrons. The van der Waals surface area contributed by atoms with Crippen LogP contribution in [0.1, 0.15) is 28.0 Å². The number of piperidine rings is 1. The van der Waals surface area contributed by atoms with Crippen molar-refractivity contribution in [2.75, 3.05) is 13.1 Å². The molecule has 2 atom stereocenters. The zero-order valence-electron chi connectivity index (χ0n) is 14.1. The number of carbonyl (C=O) groups excluding carboxylic acids is 1. The second kappa shape index (κ2) is 8.04. The maximum absolute atomic E-state index is 13.5. The van der Waals surface area contributed by atoms with Gasteiger partial charge in [0, 0.05) is 31.4 Å². The summed E-state index contributed by atoms with van der Waals surface area (Å²) in [6, 6.07) is 10.6. The number of likely N-dealkylation sites (tertiary alicyclic amines) is 1. The van der Waals surface area contributed by atoms with Crippen LogP contribution < -0.4 is 5.32 Å². The van der Waals surface area contributed by atoms with E-state index < -0.39 is 23.9 Å². The van der Waals surface area contributed by atoms with Crippen molar-refractivity contribution in [3.8, 4) is 6.07 Å². The number of halogens is 1. The third kappa shape index (κ3) is 4.42. The Balaban J connectivity index is 1.59. The van der Waals surface area contributed by atoms with Gasteiger partial charge in [0.2, 0.25) is 0 Å². The average molecular weight is 354 g/mol. The molecule has 2 heterocycles. The topological polar surface area (TPSA) is 89.3 Å². The predicted molar refractivity (Wildman–Crippen MR) is 92.5 cm³/mol. The molecular weight excluding hydrogens is 335 g/mol. The van der Waals surface area contributed by atoms with E-state index in [-0.39, 0.29) is 11.1 Å². The first-order chi connectivity index (χ1) is 12.5. The van der Waals surface area contributed by atoms with Crippen LogP contribution in [0, 0.1) is 17.1 Å². The maximum atomic E-state index is 13.5. The minimum absolute atomic E-state index is 0.0738. The van der Waals surface area contributed by atoms with Crippen LogP contribution in [0.25, 0.3) is 0 Å². The fourth-order valence-corrected chi connectivity index (χ4v) is 3.07. The molecule has 26 heavy (non-hydrogen) atoms. The molecule has 1 aliphatic rings. The van der Waals surface area contributed by atoms with E-state index in [4.69, 9.17) is 5.26 Å². The summed E-state index contributed by atoms with van der Waals surface area (Å²) in [6.07, 6.45) is 1.56. The highest BCUT2D eigenvalue weighted by molar-refractivity contribution is 5.94. The lowest BCUT2D eigenvalue weighted by Crippen LogP contribution is -2.53. The zero-order valence-corrected chi connectivity index (χ0v) is 14.1. The van der Waals surface area contributed by atoms with Crippen LogP contribution >= 0.6 is 0 Å². The molecule has 1 amide bonds. The predicted octanol–water partition coefficient (Wildman–Crippen LogP) is 1.46. The number of aliphatic hydroxyl groups is 1. The van der Waals surface area contributed by atoms with Crippen molar-refractivity contribution in [1.29, 1.82) is 5.26 Å². The number of amides is 1. The Kier molecular flexibility index (Phi) is 5.56. The highest BCUT2D eigenvalue weighted by atomic mass is 19.1. The molecule has 0 unspecified atom stereocenters. The summed E-state index contributed by atoms with van der Waals surface area (Å²) in [7, 11) is 0. The van der Waals surface area contributed by atoms with E-state index >= 15 is 0 Å². The van der Waals surface area contributed by atoms with Crippen LogP contribution in [0.15, 0.2) is 42.6 Å². The normalized spacial score (nSPS) is 20.3. The summed E-state index contributed by atoms with van der Waals surface area (Å²) in [5, 5.41) is 22.0. The standard InChI is InChI=1S/C19H19FN4O2/c20-15-8-13(10-21)7-14(9-15)19(26)23-17-4-6-24(12-18(17)25)11-16-3-1-2-5-22-16/h1-3,5,7-9,17-18,25H,4,6,11-12H2,(H,23,26)/t17-,18-/m1/s1. The second-order valence-electron chi connectivity index (χ2n) is 6.33. The van der Waals surface area contributed by atoms with Crippen molar-refractivity contribution in [1.82, 2.24) is 15.2 Å². The smallest absolute Gasteiger partial charge is 0.251 e. The van der Waals surface area contributed by atoms with Crippen molar-refractivity contribution in [3.63, 3.8) is 0 Å². The van der Waals surface area contributed by atoms with Crippen LogP contribution in [0.2, 0.25) is 0 Å². The van der Waals surface area contributed by atoms with Gasteiger partial charge in [-0.3, -0.25) is 14.7 Å². The van der Waals surface area contributed by atoms with E-state index in [0.29, 0.717) is 26.1 Å². The van der Waals surface area contributed by atoms with Gasteiger partial charge in [-0.1, -0.05) is 6.07 Å². The van der Waals surface area contributed by atoms with Gasteiger partial charge in [0.15, 0.2) is 0 Å². The van der Waals surface area contributed by atoms with Gasteiger partial charge in [0.25, 0.3) is 5.91 Å². The van der Waals surface area contributed by atoms with Gasteiger partial charge in [0.1, 0.15) is 5.82 Å². The fraction of sp³-hybridized carbons (Fsp3) is 0.316. The first-order valence-corrected chi connectivity index (χ1v) is 8.37. The number of benzene rings is 1. The molecule has 2 N–H and O–H groups in total. The largest absolute Gasteiger partial charge is 0.390 e. The van der Waals surface area contributed by atoms with Crippen molar-refractivity contribution < 1.29 is 14.3 Å². The van der Waals surface area contributed by atoms with Crippen molar-refractivity contribution in [2.45, 2.75) is 25.1 Å². The number of hydrogen-bond acceptors (Lipinski definition) is 5. The first kappa shape index (κ1) is 18.0. The first-order valence-electron chi connectivity index (χ1n) is 8.37. The third-order valence-electron chi connectivity index (χ3n) is 4.38. The summed E-state index contributed by atoms with van der Waals surface area (Å²) in [5.74, 6) is -1.14. The second-order valence-corrected chi connectivity index (χ2v) is 6.33. The molecule has 2 aromatic rings.